The van der Waals surface area contributed by atoms with Gasteiger partial charge in [-0.3, -0.25) is 9.59 Å². The van der Waals surface area contributed by atoms with E-state index in [1.165, 1.54) is 19.1 Å². The van der Waals surface area contributed by atoms with Crippen LogP contribution in [-0.2, 0) is 24.3 Å². The predicted octanol–water partition coefficient (Wildman–Crippen LogP) is 0.514. The van der Waals surface area contributed by atoms with Gasteiger partial charge in [0.15, 0.2) is 0 Å². The van der Waals surface area contributed by atoms with Gasteiger partial charge in [0.05, 0.1) is 18.0 Å². The average molecular weight is 401 g/mol. The minimum absolute atomic E-state index is 0.0519. The van der Waals surface area contributed by atoms with E-state index in [9.17, 15) is 22.4 Å². The average Bonchev–Trinajstić information content (AvgIpc) is 2.66. The molecule has 8 nitrogen and oxygen atoms in total. The standard InChI is InChI=1S/C17H24FN3O5S/c1-3-7-19-16(22)17(23)20-11-15-21(8-4-9-26-15)27(24,25)13-5-6-14(18)12(2)10-13/h5-6,10,15H,3-4,7-9,11H2,1-2H3,(H,19,22)(H,20,23)/t15-/m1/s1. The van der Waals surface area contributed by atoms with Gasteiger partial charge in [-0.15, -0.1) is 0 Å². The normalized spacial score (nSPS) is 18.1. The molecule has 1 aromatic carbocycles. The molecule has 0 bridgehead atoms. The van der Waals surface area contributed by atoms with E-state index >= 15 is 0 Å². The van der Waals surface area contributed by atoms with Crippen LogP contribution in [-0.4, -0.2) is 57.0 Å². The fourth-order valence-electron chi connectivity index (χ4n) is 2.59. The number of nitrogens with zero attached hydrogens (tertiary/aromatic N) is 1. The van der Waals surface area contributed by atoms with Gasteiger partial charge in [0, 0.05) is 13.1 Å². The first kappa shape index (κ1) is 21.3. The Morgan fingerprint density at radius 1 is 1.30 bits per heavy atom. The summed E-state index contributed by atoms with van der Waals surface area (Å²) in [5, 5.41) is 4.83. The second-order valence-electron chi connectivity index (χ2n) is 6.17. The number of nitrogens with one attached hydrogen (secondary N) is 2. The van der Waals surface area contributed by atoms with Crippen molar-refractivity contribution in [2.75, 3.05) is 26.2 Å². The van der Waals surface area contributed by atoms with E-state index in [4.69, 9.17) is 4.74 Å². The molecule has 1 aromatic rings. The van der Waals surface area contributed by atoms with E-state index in [0.717, 1.165) is 10.4 Å². The highest BCUT2D eigenvalue weighted by Gasteiger charge is 2.35. The lowest BCUT2D eigenvalue weighted by Crippen LogP contribution is -2.53. The molecule has 2 N–H and O–H groups in total. The van der Waals surface area contributed by atoms with Crippen LogP contribution in [0.2, 0.25) is 0 Å². The summed E-state index contributed by atoms with van der Waals surface area (Å²) in [4.78, 5) is 23.4. The van der Waals surface area contributed by atoms with Gasteiger partial charge in [0.1, 0.15) is 12.0 Å². The van der Waals surface area contributed by atoms with Crippen molar-refractivity contribution in [3.63, 3.8) is 0 Å². The number of amides is 2. The molecule has 1 saturated heterocycles. The summed E-state index contributed by atoms with van der Waals surface area (Å²) in [7, 11) is -3.94. The number of carbonyl (C=O) groups is 2. The van der Waals surface area contributed by atoms with Crippen LogP contribution in [0.1, 0.15) is 25.3 Å². The van der Waals surface area contributed by atoms with Crippen LogP contribution >= 0.6 is 0 Å². The zero-order valence-corrected chi connectivity index (χ0v) is 16.1. The first-order valence-electron chi connectivity index (χ1n) is 8.73. The Labute approximate surface area is 158 Å². The lowest BCUT2D eigenvalue weighted by Gasteiger charge is -2.34. The number of aryl methyl sites for hydroxylation is 1. The van der Waals surface area contributed by atoms with Crippen LogP contribution in [0.25, 0.3) is 0 Å². The molecule has 1 atom stereocenters. The first-order valence-corrected chi connectivity index (χ1v) is 10.2. The Morgan fingerprint density at radius 3 is 2.67 bits per heavy atom. The largest absolute Gasteiger partial charge is 0.360 e. The molecule has 0 radical (unpaired) electrons. The van der Waals surface area contributed by atoms with Crippen LogP contribution in [0, 0.1) is 12.7 Å². The van der Waals surface area contributed by atoms with Gasteiger partial charge in [-0.2, -0.15) is 4.31 Å². The van der Waals surface area contributed by atoms with Crippen LogP contribution in [0.5, 0.6) is 0 Å². The molecule has 2 amide bonds. The molecule has 10 heteroatoms. The summed E-state index contributed by atoms with van der Waals surface area (Å²) in [6.45, 7) is 4.06. The van der Waals surface area contributed by atoms with Crippen LogP contribution < -0.4 is 10.6 Å². The Hall–Kier alpha value is -2.04. The highest BCUT2D eigenvalue weighted by Crippen LogP contribution is 2.23. The smallest absolute Gasteiger partial charge is 0.309 e. The van der Waals surface area contributed by atoms with Gasteiger partial charge >= 0.3 is 11.8 Å². The molecule has 1 heterocycles. The van der Waals surface area contributed by atoms with Crippen LogP contribution in [0.3, 0.4) is 0 Å². The van der Waals surface area contributed by atoms with Crippen molar-refractivity contribution in [1.82, 2.24) is 14.9 Å². The van der Waals surface area contributed by atoms with E-state index in [1.807, 2.05) is 6.92 Å². The molecule has 0 aliphatic carbocycles. The Balaban J connectivity index is 2.10. The molecule has 1 aliphatic heterocycles. The van der Waals surface area contributed by atoms with E-state index in [1.54, 1.807) is 0 Å². The Kier molecular flexibility index (Phi) is 7.28. The number of sulfonamides is 1. The second-order valence-corrected chi connectivity index (χ2v) is 8.06. The summed E-state index contributed by atoms with van der Waals surface area (Å²) in [6.07, 6.45) is 0.228. The first-order chi connectivity index (χ1) is 12.8. The molecule has 2 rings (SSSR count). The third kappa shape index (κ3) is 5.24. The maximum Gasteiger partial charge on any atom is 0.309 e. The monoisotopic (exact) mass is 401 g/mol. The number of rotatable bonds is 6. The zero-order chi connectivity index (χ0) is 20.0. The number of carbonyl (C=O) groups excluding carboxylic acids is 2. The Morgan fingerprint density at radius 2 is 2.00 bits per heavy atom. The van der Waals surface area contributed by atoms with Gasteiger partial charge in [-0.1, -0.05) is 6.92 Å². The zero-order valence-electron chi connectivity index (χ0n) is 15.3. The quantitative estimate of drug-likeness (QED) is 0.676. The molecular formula is C17H24FN3O5S. The minimum atomic E-state index is -3.94. The fourth-order valence-corrected chi connectivity index (χ4v) is 4.25. The fraction of sp³-hybridized carbons (Fsp3) is 0.529. The van der Waals surface area contributed by atoms with E-state index in [0.29, 0.717) is 26.0 Å². The highest BCUT2D eigenvalue weighted by atomic mass is 32.2. The van der Waals surface area contributed by atoms with Gasteiger partial charge in [0.25, 0.3) is 0 Å². The SMILES string of the molecule is CCCNC(=O)C(=O)NC[C@H]1OCCCN1S(=O)(=O)c1ccc(F)c(C)c1. The molecule has 0 aromatic heterocycles. The van der Waals surface area contributed by atoms with E-state index in [2.05, 4.69) is 10.6 Å². The van der Waals surface area contributed by atoms with Crippen molar-refractivity contribution in [1.29, 1.82) is 0 Å². The lowest BCUT2D eigenvalue weighted by molar-refractivity contribution is -0.140. The van der Waals surface area contributed by atoms with E-state index in [-0.39, 0.29) is 23.5 Å². The van der Waals surface area contributed by atoms with Crippen molar-refractivity contribution in [2.45, 2.75) is 37.8 Å². The number of halogens is 1. The minimum Gasteiger partial charge on any atom is -0.360 e. The predicted molar refractivity (Wildman–Crippen MR) is 95.7 cm³/mol. The van der Waals surface area contributed by atoms with Crippen LogP contribution in [0.4, 0.5) is 4.39 Å². The maximum absolute atomic E-state index is 13.5. The summed E-state index contributed by atoms with van der Waals surface area (Å²) >= 11 is 0. The topological polar surface area (TPSA) is 105 Å². The van der Waals surface area contributed by atoms with Crippen molar-refractivity contribution < 1.29 is 27.1 Å². The molecule has 27 heavy (non-hydrogen) atoms. The summed E-state index contributed by atoms with van der Waals surface area (Å²) in [6, 6.07) is 3.55. The number of benzene rings is 1. The van der Waals surface area contributed by atoms with E-state index < -0.39 is 33.9 Å². The lowest BCUT2D eigenvalue weighted by atomic mass is 10.2. The third-order valence-corrected chi connectivity index (χ3v) is 5.95. The molecule has 150 valence electrons. The van der Waals surface area contributed by atoms with Crippen molar-refractivity contribution in [3.05, 3.63) is 29.6 Å². The third-order valence-electron chi connectivity index (χ3n) is 4.07. The highest BCUT2D eigenvalue weighted by molar-refractivity contribution is 7.89. The second kappa shape index (κ2) is 9.25. The molecule has 0 unspecified atom stereocenters. The molecule has 0 spiro atoms. The number of hydrogen-bond acceptors (Lipinski definition) is 5. The van der Waals surface area contributed by atoms with Gasteiger partial charge < -0.3 is 15.4 Å². The summed E-state index contributed by atoms with van der Waals surface area (Å²) in [5.41, 5.74) is 0.214. The molecule has 1 aliphatic rings. The number of ether oxygens (including phenoxy) is 1. The van der Waals surface area contributed by atoms with Gasteiger partial charge in [-0.05, 0) is 43.5 Å². The molecular weight excluding hydrogens is 377 g/mol. The Bertz CT molecular complexity index is 800. The van der Waals surface area contributed by atoms with Crippen LogP contribution in [0.15, 0.2) is 23.1 Å². The molecule has 0 saturated carbocycles. The summed E-state index contributed by atoms with van der Waals surface area (Å²) < 4.78 is 45.9. The van der Waals surface area contributed by atoms with Gasteiger partial charge in [0.2, 0.25) is 10.0 Å². The summed E-state index contributed by atoms with van der Waals surface area (Å²) in [5.74, 6) is -2.13. The van der Waals surface area contributed by atoms with Gasteiger partial charge in [-0.25, -0.2) is 12.8 Å². The maximum atomic E-state index is 13.5. The van der Waals surface area contributed by atoms with Crippen molar-refractivity contribution in [2.24, 2.45) is 0 Å². The molecule has 1 fully saturated rings. The number of hydrogen-bond donors (Lipinski definition) is 2. The van der Waals surface area contributed by atoms with Crippen molar-refractivity contribution in [3.8, 4) is 0 Å². The van der Waals surface area contributed by atoms with Crippen molar-refractivity contribution >= 4 is 21.8 Å².